The Labute approximate surface area is 391 Å². The van der Waals surface area contributed by atoms with Crippen molar-refractivity contribution in [1.29, 1.82) is 0 Å². The van der Waals surface area contributed by atoms with Gasteiger partial charge in [-0.05, 0) is 89.9 Å². The van der Waals surface area contributed by atoms with Gasteiger partial charge >= 0.3 is 5.97 Å². The summed E-state index contributed by atoms with van der Waals surface area (Å²) in [5, 5.41) is 23.0. The number of esters is 1. The highest BCUT2D eigenvalue weighted by Gasteiger charge is 2.18. The van der Waals surface area contributed by atoms with Crippen molar-refractivity contribution in [2.24, 2.45) is 0 Å². The lowest BCUT2D eigenvalue weighted by molar-refractivity contribution is -0.143. The SMILES string of the molecule is CCCCCC/C=C\C/C=C\CCCCCCCC(=O)OCCCCCCCCCCC/C=C\CCCCCCCC(=O)NC(CO)C(O)/C=C/CCCCCCCCCCCC. The van der Waals surface area contributed by atoms with Gasteiger partial charge in [-0.2, -0.15) is 0 Å². The number of carbonyl (C=O) groups excluding carboxylic acids is 2. The van der Waals surface area contributed by atoms with Crippen molar-refractivity contribution in [3.05, 3.63) is 48.6 Å². The summed E-state index contributed by atoms with van der Waals surface area (Å²) in [6.07, 6.45) is 65.5. The van der Waals surface area contributed by atoms with Crippen LogP contribution in [0.1, 0.15) is 277 Å². The van der Waals surface area contributed by atoms with Crippen LogP contribution in [0.3, 0.4) is 0 Å². The molecule has 0 aliphatic carbocycles. The third kappa shape index (κ3) is 49.1. The van der Waals surface area contributed by atoms with Crippen LogP contribution < -0.4 is 5.32 Å². The van der Waals surface area contributed by atoms with E-state index in [1.807, 2.05) is 6.08 Å². The van der Waals surface area contributed by atoms with E-state index < -0.39 is 12.1 Å². The van der Waals surface area contributed by atoms with Crippen LogP contribution in [0.5, 0.6) is 0 Å². The number of amides is 1. The molecule has 0 saturated heterocycles. The fourth-order valence-corrected chi connectivity index (χ4v) is 8.07. The first-order valence-electron chi connectivity index (χ1n) is 27.4. The van der Waals surface area contributed by atoms with E-state index in [-0.39, 0.29) is 18.5 Å². The summed E-state index contributed by atoms with van der Waals surface area (Å²) in [4.78, 5) is 24.4. The van der Waals surface area contributed by atoms with E-state index in [4.69, 9.17) is 4.74 Å². The summed E-state index contributed by atoms with van der Waals surface area (Å²) < 4.78 is 5.47. The molecule has 0 spiro atoms. The van der Waals surface area contributed by atoms with Gasteiger partial charge in [0.05, 0.1) is 25.4 Å². The van der Waals surface area contributed by atoms with E-state index in [9.17, 15) is 19.8 Å². The van der Waals surface area contributed by atoms with Crippen molar-refractivity contribution in [3.8, 4) is 0 Å². The van der Waals surface area contributed by atoms with E-state index in [0.29, 0.717) is 19.4 Å². The summed E-state index contributed by atoms with van der Waals surface area (Å²) in [6.45, 7) is 4.85. The van der Waals surface area contributed by atoms with Gasteiger partial charge in [-0.1, -0.05) is 223 Å². The molecule has 2 atom stereocenters. The third-order valence-corrected chi connectivity index (χ3v) is 12.3. The topological polar surface area (TPSA) is 95.9 Å². The molecular formula is C57H105NO5. The van der Waals surface area contributed by atoms with Crippen LogP contribution in [-0.4, -0.2) is 47.4 Å². The van der Waals surface area contributed by atoms with Gasteiger partial charge in [-0.15, -0.1) is 0 Å². The Morgan fingerprint density at radius 3 is 1.24 bits per heavy atom. The molecule has 0 aromatic carbocycles. The molecule has 2 unspecified atom stereocenters. The van der Waals surface area contributed by atoms with Gasteiger partial charge in [0, 0.05) is 12.8 Å². The Bertz CT molecular complexity index is 1070. The number of carbonyl (C=O) groups is 2. The monoisotopic (exact) mass is 884 g/mol. The highest BCUT2D eigenvalue weighted by molar-refractivity contribution is 5.76. The second-order valence-electron chi connectivity index (χ2n) is 18.5. The highest BCUT2D eigenvalue weighted by Crippen LogP contribution is 2.15. The number of hydrogen-bond donors (Lipinski definition) is 3. The third-order valence-electron chi connectivity index (χ3n) is 12.3. The highest BCUT2D eigenvalue weighted by atomic mass is 16.5. The number of aliphatic hydroxyl groups excluding tert-OH is 2. The maximum atomic E-state index is 12.4. The smallest absolute Gasteiger partial charge is 0.305 e. The van der Waals surface area contributed by atoms with Crippen molar-refractivity contribution in [3.63, 3.8) is 0 Å². The van der Waals surface area contributed by atoms with Gasteiger partial charge in [-0.3, -0.25) is 9.59 Å². The number of allylic oxidation sites excluding steroid dienone is 7. The largest absolute Gasteiger partial charge is 0.466 e. The summed E-state index contributed by atoms with van der Waals surface area (Å²) in [7, 11) is 0. The molecule has 0 heterocycles. The fraction of sp³-hybridized carbons (Fsp3) is 0.825. The van der Waals surface area contributed by atoms with Crippen molar-refractivity contribution >= 4 is 11.9 Å². The number of aliphatic hydroxyl groups is 2. The van der Waals surface area contributed by atoms with Crippen LogP contribution in [-0.2, 0) is 14.3 Å². The van der Waals surface area contributed by atoms with Gasteiger partial charge in [0.2, 0.25) is 5.91 Å². The Balaban J connectivity index is 3.48. The van der Waals surface area contributed by atoms with Crippen molar-refractivity contribution in [1.82, 2.24) is 5.32 Å². The lowest BCUT2D eigenvalue weighted by atomic mass is 10.1. The Hall–Kier alpha value is -2.18. The first-order chi connectivity index (χ1) is 31.0. The average molecular weight is 884 g/mol. The lowest BCUT2D eigenvalue weighted by Gasteiger charge is -2.20. The standard InChI is InChI=1S/C57H105NO5/c1-3-5-7-9-11-13-15-17-18-24-27-31-35-39-43-47-51-57(62)63-52-48-44-40-36-32-28-25-22-20-19-21-23-26-30-34-38-42-46-50-56(61)58-54(53-59)55(60)49-45-41-37-33-29-16-14-12-10-8-6-4-2/h13,15,18,21,23-24,45,49,54-55,59-60H,3-12,14,16-17,19-20,22,25-44,46-48,50-53H2,1-2H3,(H,58,61)/b15-13-,23-21-,24-18-,49-45+. The van der Waals surface area contributed by atoms with E-state index in [0.717, 1.165) is 70.6 Å². The van der Waals surface area contributed by atoms with Crippen molar-refractivity contribution < 1.29 is 24.5 Å². The van der Waals surface area contributed by atoms with Crippen LogP contribution in [0.15, 0.2) is 48.6 Å². The van der Waals surface area contributed by atoms with Crippen LogP contribution in [0.2, 0.25) is 0 Å². The van der Waals surface area contributed by atoms with Gasteiger partial charge in [-0.25, -0.2) is 0 Å². The molecule has 0 aliphatic rings. The second-order valence-corrected chi connectivity index (χ2v) is 18.5. The normalized spacial score (nSPS) is 13.0. The van der Waals surface area contributed by atoms with Gasteiger partial charge in [0.15, 0.2) is 0 Å². The molecule has 63 heavy (non-hydrogen) atoms. The number of unbranched alkanes of at least 4 members (excludes halogenated alkanes) is 33. The molecule has 0 radical (unpaired) electrons. The minimum atomic E-state index is -0.853. The molecule has 6 heteroatoms. The first kappa shape index (κ1) is 60.8. The van der Waals surface area contributed by atoms with Crippen molar-refractivity contribution in [2.75, 3.05) is 13.2 Å². The molecule has 3 N–H and O–H groups in total. The Morgan fingerprint density at radius 2 is 0.794 bits per heavy atom. The number of hydrogen-bond acceptors (Lipinski definition) is 5. The zero-order valence-corrected chi connectivity index (χ0v) is 41.8. The summed E-state index contributed by atoms with van der Waals surface area (Å²) >= 11 is 0. The van der Waals surface area contributed by atoms with Crippen LogP contribution in [0.25, 0.3) is 0 Å². The predicted octanol–water partition coefficient (Wildman–Crippen LogP) is 16.6. The van der Waals surface area contributed by atoms with Crippen LogP contribution >= 0.6 is 0 Å². The predicted molar refractivity (Wildman–Crippen MR) is 273 cm³/mol. The molecule has 0 aromatic rings. The maximum absolute atomic E-state index is 12.4. The molecular weight excluding hydrogens is 779 g/mol. The van der Waals surface area contributed by atoms with Gasteiger partial charge in [0.25, 0.3) is 0 Å². The minimum Gasteiger partial charge on any atom is -0.466 e. The van der Waals surface area contributed by atoms with Crippen molar-refractivity contribution in [2.45, 2.75) is 289 Å². The zero-order valence-electron chi connectivity index (χ0n) is 41.8. The molecule has 1 amide bonds. The van der Waals surface area contributed by atoms with Gasteiger partial charge in [0.1, 0.15) is 0 Å². The van der Waals surface area contributed by atoms with E-state index in [1.165, 1.54) is 180 Å². The molecule has 0 saturated carbocycles. The molecule has 0 rings (SSSR count). The first-order valence-corrected chi connectivity index (χ1v) is 27.4. The maximum Gasteiger partial charge on any atom is 0.305 e. The number of rotatable bonds is 50. The molecule has 0 aromatic heterocycles. The molecule has 6 nitrogen and oxygen atoms in total. The van der Waals surface area contributed by atoms with Gasteiger partial charge < -0.3 is 20.3 Å². The molecule has 368 valence electrons. The molecule has 0 fully saturated rings. The minimum absolute atomic E-state index is 0.0122. The summed E-state index contributed by atoms with van der Waals surface area (Å²) in [5.41, 5.74) is 0. The summed E-state index contributed by atoms with van der Waals surface area (Å²) in [6, 6.07) is -0.638. The zero-order chi connectivity index (χ0) is 45.8. The fourth-order valence-electron chi connectivity index (χ4n) is 8.07. The van der Waals surface area contributed by atoms with E-state index in [2.05, 4.69) is 55.6 Å². The summed E-state index contributed by atoms with van der Waals surface area (Å²) in [5.74, 6) is -0.0967. The molecule has 0 aliphatic heterocycles. The quantitative estimate of drug-likeness (QED) is 0.0321. The average Bonchev–Trinajstić information content (AvgIpc) is 3.28. The molecule has 0 bridgehead atoms. The Kier molecular flexibility index (Phi) is 50.6. The Morgan fingerprint density at radius 1 is 0.444 bits per heavy atom. The van der Waals surface area contributed by atoms with E-state index in [1.54, 1.807) is 6.08 Å². The van der Waals surface area contributed by atoms with E-state index >= 15 is 0 Å². The van der Waals surface area contributed by atoms with Crippen LogP contribution in [0.4, 0.5) is 0 Å². The second kappa shape index (κ2) is 52.4. The van der Waals surface area contributed by atoms with Crippen LogP contribution in [0, 0.1) is 0 Å². The number of nitrogens with one attached hydrogen (secondary N) is 1. The number of ether oxygens (including phenoxy) is 1. The lowest BCUT2D eigenvalue weighted by Crippen LogP contribution is -2.45.